The average molecular weight is 293 g/mol. The van der Waals surface area contributed by atoms with Gasteiger partial charge in [0.05, 0.1) is 31.0 Å². The van der Waals surface area contributed by atoms with Crippen LogP contribution in [0.3, 0.4) is 0 Å². The summed E-state index contributed by atoms with van der Waals surface area (Å²) >= 11 is 0. The minimum absolute atomic E-state index is 0.0831. The number of benzene rings is 1. The molecule has 0 aromatic heterocycles. The van der Waals surface area contributed by atoms with Gasteiger partial charge in [-0.25, -0.2) is 4.79 Å². The van der Waals surface area contributed by atoms with Gasteiger partial charge < -0.3 is 20.5 Å². The predicted molar refractivity (Wildman–Crippen MR) is 78.2 cm³/mol. The predicted octanol–water partition coefficient (Wildman–Crippen LogP) is 1.00. The largest absolute Gasteiger partial charge is 0.481 e. The number of hydrogen-bond acceptors (Lipinski definition) is 4. The van der Waals surface area contributed by atoms with Gasteiger partial charge in [0.25, 0.3) is 0 Å². The molecular formula is C14H19N3O4. The van der Waals surface area contributed by atoms with E-state index < -0.39 is 5.97 Å². The number of urea groups is 1. The number of amides is 2. The van der Waals surface area contributed by atoms with Gasteiger partial charge in [0, 0.05) is 19.6 Å². The van der Waals surface area contributed by atoms with Gasteiger partial charge in [-0.2, -0.15) is 0 Å². The summed E-state index contributed by atoms with van der Waals surface area (Å²) in [6.07, 6.45) is -0.135. The quantitative estimate of drug-likeness (QED) is 0.807. The maximum Gasteiger partial charge on any atom is 0.324 e. The zero-order valence-electron chi connectivity index (χ0n) is 11.7. The smallest absolute Gasteiger partial charge is 0.324 e. The van der Waals surface area contributed by atoms with Crippen molar-refractivity contribution >= 4 is 23.4 Å². The number of para-hydroxylation sites is 2. The van der Waals surface area contributed by atoms with Crippen molar-refractivity contribution in [3.63, 3.8) is 0 Å². The Balaban J connectivity index is 2.20. The van der Waals surface area contributed by atoms with E-state index in [2.05, 4.69) is 0 Å². The van der Waals surface area contributed by atoms with Crippen LogP contribution in [0.15, 0.2) is 24.3 Å². The van der Waals surface area contributed by atoms with Crippen molar-refractivity contribution < 1.29 is 19.4 Å². The van der Waals surface area contributed by atoms with Crippen molar-refractivity contribution in [3.8, 4) is 0 Å². The summed E-state index contributed by atoms with van der Waals surface area (Å²) < 4.78 is 5.23. The number of nitrogen functional groups attached to an aromatic ring is 1. The molecule has 0 bridgehead atoms. The number of rotatable bonds is 4. The lowest BCUT2D eigenvalue weighted by molar-refractivity contribution is -0.136. The third-order valence-corrected chi connectivity index (χ3v) is 3.29. The van der Waals surface area contributed by atoms with Crippen LogP contribution in [-0.2, 0) is 9.53 Å². The number of carbonyl (C=O) groups excluding carboxylic acids is 1. The molecule has 1 aliphatic heterocycles. The Morgan fingerprint density at radius 1 is 1.29 bits per heavy atom. The van der Waals surface area contributed by atoms with Crippen LogP contribution in [0, 0.1) is 0 Å². The Bertz CT molecular complexity index is 515. The number of ether oxygens (including phenoxy) is 1. The van der Waals surface area contributed by atoms with Gasteiger partial charge in [-0.15, -0.1) is 0 Å². The Kier molecular flexibility index (Phi) is 4.99. The van der Waals surface area contributed by atoms with Crippen LogP contribution in [0.5, 0.6) is 0 Å². The third kappa shape index (κ3) is 3.85. The van der Waals surface area contributed by atoms with E-state index in [9.17, 15) is 9.59 Å². The van der Waals surface area contributed by atoms with E-state index in [0.717, 1.165) is 0 Å². The van der Waals surface area contributed by atoms with E-state index in [1.807, 2.05) is 0 Å². The van der Waals surface area contributed by atoms with E-state index in [1.165, 1.54) is 4.90 Å². The number of nitrogens with two attached hydrogens (primary N) is 1. The molecule has 114 valence electrons. The highest BCUT2D eigenvalue weighted by atomic mass is 16.5. The maximum atomic E-state index is 12.6. The van der Waals surface area contributed by atoms with E-state index in [0.29, 0.717) is 37.7 Å². The maximum absolute atomic E-state index is 12.6. The number of anilines is 2. The number of aliphatic carboxylic acids is 1. The highest BCUT2D eigenvalue weighted by Gasteiger charge is 2.25. The fourth-order valence-electron chi connectivity index (χ4n) is 2.19. The Labute approximate surface area is 122 Å². The van der Waals surface area contributed by atoms with Crippen LogP contribution < -0.4 is 10.6 Å². The normalized spacial score (nSPS) is 14.8. The second-order valence-electron chi connectivity index (χ2n) is 4.74. The van der Waals surface area contributed by atoms with E-state index >= 15 is 0 Å². The lowest BCUT2D eigenvalue weighted by Gasteiger charge is -2.33. The fraction of sp³-hybridized carbons (Fsp3) is 0.429. The molecule has 1 fully saturated rings. The minimum atomic E-state index is -0.954. The molecular weight excluding hydrogens is 274 g/mol. The van der Waals surface area contributed by atoms with Crippen LogP contribution in [0.25, 0.3) is 0 Å². The van der Waals surface area contributed by atoms with Gasteiger partial charge in [0.1, 0.15) is 0 Å². The van der Waals surface area contributed by atoms with Crippen molar-refractivity contribution in [2.24, 2.45) is 0 Å². The van der Waals surface area contributed by atoms with Crippen molar-refractivity contribution in [3.05, 3.63) is 24.3 Å². The number of morpholine rings is 1. The summed E-state index contributed by atoms with van der Waals surface area (Å²) in [5.74, 6) is -0.954. The first kappa shape index (κ1) is 15.1. The van der Waals surface area contributed by atoms with Gasteiger partial charge in [0.2, 0.25) is 0 Å². The molecule has 1 aliphatic rings. The topological polar surface area (TPSA) is 96.1 Å². The molecule has 21 heavy (non-hydrogen) atoms. The summed E-state index contributed by atoms with van der Waals surface area (Å²) in [7, 11) is 0. The minimum Gasteiger partial charge on any atom is -0.481 e. The van der Waals surface area contributed by atoms with Crippen LogP contribution in [0.4, 0.5) is 16.2 Å². The zero-order chi connectivity index (χ0) is 15.2. The molecule has 0 unspecified atom stereocenters. The molecule has 0 saturated carbocycles. The van der Waals surface area contributed by atoms with Crippen LogP contribution >= 0.6 is 0 Å². The van der Waals surface area contributed by atoms with Gasteiger partial charge in [-0.05, 0) is 12.1 Å². The Hall–Kier alpha value is -2.28. The molecule has 0 atom stereocenters. The summed E-state index contributed by atoms with van der Waals surface area (Å²) in [4.78, 5) is 26.5. The van der Waals surface area contributed by atoms with Gasteiger partial charge in [0.15, 0.2) is 0 Å². The average Bonchev–Trinajstić information content (AvgIpc) is 2.49. The molecule has 0 radical (unpaired) electrons. The lowest BCUT2D eigenvalue weighted by Crippen LogP contribution is -2.49. The molecule has 2 rings (SSSR count). The molecule has 3 N–H and O–H groups in total. The van der Waals surface area contributed by atoms with E-state index in [-0.39, 0.29) is 19.0 Å². The highest BCUT2D eigenvalue weighted by Crippen LogP contribution is 2.24. The summed E-state index contributed by atoms with van der Waals surface area (Å²) in [5.41, 5.74) is 6.90. The molecule has 0 aliphatic carbocycles. The molecule has 1 heterocycles. The standard InChI is InChI=1S/C14H19N3O4/c15-11-3-1-2-4-12(11)17(6-5-13(18)19)14(20)16-7-9-21-10-8-16/h1-4H,5-10,15H2,(H,18,19). The van der Waals surface area contributed by atoms with Crippen LogP contribution in [0.2, 0.25) is 0 Å². The van der Waals surface area contributed by atoms with Crippen LogP contribution in [-0.4, -0.2) is 54.9 Å². The SMILES string of the molecule is Nc1ccccc1N(CCC(=O)O)C(=O)N1CCOCC1. The van der Waals surface area contributed by atoms with Crippen molar-refractivity contribution in [2.45, 2.75) is 6.42 Å². The molecule has 2 amide bonds. The first-order valence-electron chi connectivity index (χ1n) is 6.80. The van der Waals surface area contributed by atoms with Crippen molar-refractivity contribution in [1.29, 1.82) is 0 Å². The summed E-state index contributed by atoms with van der Waals surface area (Å²) in [6, 6.07) is 6.71. The van der Waals surface area contributed by atoms with Gasteiger partial charge in [-0.3, -0.25) is 9.69 Å². The lowest BCUT2D eigenvalue weighted by atomic mass is 10.2. The monoisotopic (exact) mass is 293 g/mol. The molecule has 1 saturated heterocycles. The van der Waals surface area contributed by atoms with Gasteiger partial charge >= 0.3 is 12.0 Å². The molecule has 7 nitrogen and oxygen atoms in total. The number of carboxylic acid groups (broad SMARTS) is 1. The Morgan fingerprint density at radius 2 is 1.95 bits per heavy atom. The molecule has 1 aromatic carbocycles. The first-order chi connectivity index (χ1) is 10.1. The molecule has 1 aromatic rings. The number of carbonyl (C=O) groups is 2. The summed E-state index contributed by atoms with van der Waals surface area (Å²) in [5, 5.41) is 8.87. The fourth-order valence-corrected chi connectivity index (χ4v) is 2.19. The van der Waals surface area contributed by atoms with Crippen molar-refractivity contribution in [2.75, 3.05) is 43.5 Å². The number of carboxylic acids is 1. The molecule has 0 spiro atoms. The first-order valence-corrected chi connectivity index (χ1v) is 6.80. The second kappa shape index (κ2) is 6.94. The summed E-state index contributed by atoms with van der Waals surface area (Å²) in [6.45, 7) is 2.05. The number of hydrogen-bond donors (Lipinski definition) is 2. The Morgan fingerprint density at radius 3 is 2.57 bits per heavy atom. The second-order valence-corrected chi connectivity index (χ2v) is 4.74. The molecule has 7 heteroatoms. The van der Waals surface area contributed by atoms with Gasteiger partial charge in [-0.1, -0.05) is 12.1 Å². The number of nitrogens with zero attached hydrogens (tertiary/aromatic N) is 2. The van der Waals surface area contributed by atoms with E-state index in [4.69, 9.17) is 15.6 Å². The highest BCUT2D eigenvalue weighted by molar-refractivity contribution is 5.95. The third-order valence-electron chi connectivity index (χ3n) is 3.29. The van der Waals surface area contributed by atoms with Crippen molar-refractivity contribution in [1.82, 2.24) is 4.90 Å². The van der Waals surface area contributed by atoms with Crippen LogP contribution in [0.1, 0.15) is 6.42 Å². The zero-order valence-corrected chi connectivity index (χ0v) is 11.7. The van der Waals surface area contributed by atoms with E-state index in [1.54, 1.807) is 29.2 Å².